The fourth-order valence-corrected chi connectivity index (χ4v) is 2.36. The topological polar surface area (TPSA) is 78.4 Å². The zero-order chi connectivity index (χ0) is 15.3. The highest BCUT2D eigenvalue weighted by Crippen LogP contribution is 2.33. The maximum Gasteiger partial charge on any atom is 0.319 e. The number of amides is 2. The zero-order valence-electron chi connectivity index (χ0n) is 10.5. The van der Waals surface area contributed by atoms with Gasteiger partial charge >= 0.3 is 12.0 Å². The minimum absolute atomic E-state index is 0.0239. The van der Waals surface area contributed by atoms with E-state index in [9.17, 15) is 9.59 Å². The van der Waals surface area contributed by atoms with Crippen LogP contribution in [0.25, 0.3) is 0 Å². The molecule has 0 bridgehead atoms. The highest BCUT2D eigenvalue weighted by molar-refractivity contribution is 6.42. The minimum Gasteiger partial charge on any atom is -0.481 e. The molecule has 0 saturated heterocycles. The maximum absolute atomic E-state index is 11.7. The maximum atomic E-state index is 11.7. The van der Waals surface area contributed by atoms with Crippen LogP contribution in [0.3, 0.4) is 0 Å². The summed E-state index contributed by atoms with van der Waals surface area (Å²) >= 11 is 17.6. The number of carboxylic acids is 1. The second kappa shape index (κ2) is 7.57. The van der Waals surface area contributed by atoms with E-state index in [1.807, 2.05) is 0 Å². The predicted molar refractivity (Wildman–Crippen MR) is 80.0 cm³/mol. The Labute approximate surface area is 131 Å². The molecule has 0 radical (unpaired) electrons. The number of aliphatic carboxylic acids is 1. The van der Waals surface area contributed by atoms with Crippen molar-refractivity contribution in [2.45, 2.75) is 25.8 Å². The number of nitrogens with one attached hydrogen (secondary N) is 2. The molecule has 0 aliphatic carbocycles. The molecule has 20 heavy (non-hydrogen) atoms. The molecular formula is C12H13Cl3N2O3. The van der Waals surface area contributed by atoms with E-state index in [0.717, 1.165) is 0 Å². The third-order valence-electron chi connectivity index (χ3n) is 2.41. The number of anilines is 1. The first-order chi connectivity index (χ1) is 9.29. The lowest BCUT2D eigenvalue weighted by Crippen LogP contribution is -2.36. The molecule has 0 aliphatic rings. The molecule has 0 spiro atoms. The van der Waals surface area contributed by atoms with Crippen molar-refractivity contribution < 1.29 is 14.7 Å². The van der Waals surface area contributed by atoms with Crippen LogP contribution in [0.1, 0.15) is 19.8 Å². The van der Waals surface area contributed by atoms with Crippen molar-refractivity contribution in [3.05, 3.63) is 27.2 Å². The normalized spacial score (nSPS) is 11.8. The second-order valence-corrected chi connectivity index (χ2v) is 5.43. The fraction of sp³-hybridized carbons (Fsp3) is 0.333. The molecule has 3 N–H and O–H groups in total. The predicted octanol–water partition coefficient (Wildman–Crippen LogP) is 4.02. The van der Waals surface area contributed by atoms with Crippen LogP contribution in [-0.4, -0.2) is 23.1 Å². The molecule has 1 aromatic carbocycles. The van der Waals surface area contributed by atoms with Crippen LogP contribution in [0.4, 0.5) is 10.5 Å². The standard InChI is InChI=1S/C12H13Cl3N2O3/c1-6(2-3-10(18)19)16-12(20)17-11-8(14)4-7(13)5-9(11)15/h4-6H,2-3H2,1H3,(H,18,19)(H2,16,17,20). The van der Waals surface area contributed by atoms with Crippen LogP contribution in [-0.2, 0) is 4.79 Å². The van der Waals surface area contributed by atoms with E-state index in [1.54, 1.807) is 6.92 Å². The first kappa shape index (κ1) is 16.9. The van der Waals surface area contributed by atoms with Gasteiger partial charge in [-0.15, -0.1) is 0 Å². The molecule has 1 unspecified atom stereocenters. The molecule has 0 fully saturated rings. The number of benzene rings is 1. The van der Waals surface area contributed by atoms with Crippen molar-refractivity contribution in [1.82, 2.24) is 5.32 Å². The van der Waals surface area contributed by atoms with E-state index in [2.05, 4.69) is 10.6 Å². The number of carbonyl (C=O) groups excluding carboxylic acids is 1. The summed E-state index contributed by atoms with van der Waals surface area (Å²) in [4.78, 5) is 22.2. The summed E-state index contributed by atoms with van der Waals surface area (Å²) in [5, 5.41) is 14.4. The fourth-order valence-electron chi connectivity index (χ4n) is 1.45. The van der Waals surface area contributed by atoms with Crippen LogP contribution < -0.4 is 10.6 Å². The first-order valence-corrected chi connectivity index (χ1v) is 6.87. The van der Waals surface area contributed by atoms with Crippen LogP contribution in [0.2, 0.25) is 15.1 Å². The molecule has 1 aromatic rings. The van der Waals surface area contributed by atoms with E-state index in [1.165, 1.54) is 12.1 Å². The first-order valence-electron chi connectivity index (χ1n) is 5.73. The van der Waals surface area contributed by atoms with Gasteiger partial charge in [0.2, 0.25) is 0 Å². The Morgan fingerprint density at radius 2 is 1.80 bits per heavy atom. The van der Waals surface area contributed by atoms with E-state index in [-0.39, 0.29) is 28.2 Å². The monoisotopic (exact) mass is 338 g/mol. The summed E-state index contributed by atoms with van der Waals surface area (Å²) < 4.78 is 0. The molecule has 0 heterocycles. The molecule has 110 valence electrons. The number of carboxylic acid groups (broad SMARTS) is 1. The molecular weight excluding hydrogens is 327 g/mol. The van der Waals surface area contributed by atoms with Crippen LogP contribution in [0, 0.1) is 0 Å². The number of hydrogen-bond donors (Lipinski definition) is 3. The summed E-state index contributed by atoms with van der Waals surface area (Å²) in [6, 6.07) is 2.10. The summed E-state index contributed by atoms with van der Waals surface area (Å²) in [7, 11) is 0. The van der Waals surface area contributed by atoms with Crippen molar-refractivity contribution >= 4 is 52.5 Å². The third-order valence-corrected chi connectivity index (χ3v) is 3.23. The van der Waals surface area contributed by atoms with Crippen LogP contribution >= 0.6 is 34.8 Å². The van der Waals surface area contributed by atoms with Gasteiger partial charge in [0.1, 0.15) is 0 Å². The highest BCUT2D eigenvalue weighted by atomic mass is 35.5. The summed E-state index contributed by atoms with van der Waals surface area (Å²) in [6.07, 6.45) is 0.300. The summed E-state index contributed by atoms with van der Waals surface area (Å²) in [5.74, 6) is -0.914. The van der Waals surface area contributed by atoms with E-state index >= 15 is 0 Å². The zero-order valence-corrected chi connectivity index (χ0v) is 12.8. The lowest BCUT2D eigenvalue weighted by Gasteiger charge is -2.15. The highest BCUT2D eigenvalue weighted by Gasteiger charge is 2.13. The Hall–Kier alpha value is -1.17. The van der Waals surface area contributed by atoms with Gasteiger partial charge in [-0.3, -0.25) is 4.79 Å². The van der Waals surface area contributed by atoms with E-state index in [0.29, 0.717) is 11.4 Å². The smallest absolute Gasteiger partial charge is 0.319 e. The van der Waals surface area contributed by atoms with Gasteiger partial charge < -0.3 is 15.7 Å². The number of halogens is 3. The molecule has 1 rings (SSSR count). The Kier molecular flexibility index (Phi) is 6.39. The largest absolute Gasteiger partial charge is 0.481 e. The number of carbonyl (C=O) groups is 2. The molecule has 1 atom stereocenters. The Morgan fingerprint density at radius 3 is 2.30 bits per heavy atom. The quantitative estimate of drug-likeness (QED) is 0.758. The van der Waals surface area contributed by atoms with Gasteiger partial charge in [-0.2, -0.15) is 0 Å². The van der Waals surface area contributed by atoms with E-state index < -0.39 is 12.0 Å². The third kappa shape index (κ3) is 5.45. The molecule has 0 saturated carbocycles. The van der Waals surface area contributed by atoms with Crippen LogP contribution in [0.5, 0.6) is 0 Å². The van der Waals surface area contributed by atoms with Crippen LogP contribution in [0.15, 0.2) is 12.1 Å². The van der Waals surface area contributed by atoms with Crippen molar-refractivity contribution in [3.63, 3.8) is 0 Å². The molecule has 0 aliphatic heterocycles. The SMILES string of the molecule is CC(CCC(=O)O)NC(=O)Nc1c(Cl)cc(Cl)cc1Cl. The average Bonchev–Trinajstić information content (AvgIpc) is 2.31. The van der Waals surface area contributed by atoms with Crippen molar-refractivity contribution in [1.29, 1.82) is 0 Å². The number of urea groups is 1. The molecule has 2 amide bonds. The Bertz CT molecular complexity index is 500. The minimum atomic E-state index is -0.914. The van der Waals surface area contributed by atoms with Gasteiger partial charge in [0, 0.05) is 17.5 Å². The van der Waals surface area contributed by atoms with Gasteiger partial charge in [0.05, 0.1) is 15.7 Å². The Balaban J connectivity index is 2.61. The lowest BCUT2D eigenvalue weighted by atomic mass is 10.2. The van der Waals surface area contributed by atoms with Gasteiger partial charge in [-0.1, -0.05) is 34.8 Å². The van der Waals surface area contributed by atoms with Crippen molar-refractivity contribution in [3.8, 4) is 0 Å². The Morgan fingerprint density at radius 1 is 1.25 bits per heavy atom. The molecule has 5 nitrogen and oxygen atoms in total. The molecule has 0 aromatic heterocycles. The number of rotatable bonds is 5. The van der Waals surface area contributed by atoms with Gasteiger partial charge in [-0.05, 0) is 25.5 Å². The summed E-state index contributed by atoms with van der Waals surface area (Å²) in [6.45, 7) is 1.70. The lowest BCUT2D eigenvalue weighted by molar-refractivity contribution is -0.137. The number of hydrogen-bond acceptors (Lipinski definition) is 2. The van der Waals surface area contributed by atoms with Gasteiger partial charge in [0.15, 0.2) is 0 Å². The molecule has 8 heteroatoms. The van der Waals surface area contributed by atoms with Crippen molar-refractivity contribution in [2.75, 3.05) is 5.32 Å². The van der Waals surface area contributed by atoms with Gasteiger partial charge in [0.25, 0.3) is 0 Å². The summed E-state index contributed by atoms with van der Waals surface area (Å²) in [5.41, 5.74) is 0.251. The van der Waals surface area contributed by atoms with Gasteiger partial charge in [-0.25, -0.2) is 4.79 Å². The van der Waals surface area contributed by atoms with E-state index in [4.69, 9.17) is 39.9 Å². The van der Waals surface area contributed by atoms with Crippen molar-refractivity contribution in [2.24, 2.45) is 0 Å². The average molecular weight is 340 g/mol. The second-order valence-electron chi connectivity index (χ2n) is 4.18.